The van der Waals surface area contributed by atoms with Crippen molar-refractivity contribution in [3.05, 3.63) is 81.9 Å². The Morgan fingerprint density at radius 2 is 1.61 bits per heavy atom. The number of nitrogens with zero attached hydrogens (tertiary/aromatic N) is 2. The lowest BCUT2D eigenvalue weighted by Crippen LogP contribution is -2.47. The topological polar surface area (TPSA) is 64.0 Å². The molecule has 0 saturated heterocycles. The van der Waals surface area contributed by atoms with Crippen LogP contribution in [-0.4, -0.2) is 15.7 Å². The van der Waals surface area contributed by atoms with Crippen LogP contribution in [0.4, 0.5) is 10.1 Å². The van der Waals surface area contributed by atoms with Gasteiger partial charge in [-0.1, -0.05) is 18.2 Å². The molecule has 1 heterocycles. The molecule has 0 saturated carbocycles. The molecule has 0 aliphatic carbocycles. The number of amides is 1. The third-order valence-corrected chi connectivity index (χ3v) is 4.75. The van der Waals surface area contributed by atoms with Crippen molar-refractivity contribution < 1.29 is 9.18 Å². The van der Waals surface area contributed by atoms with Crippen molar-refractivity contribution in [2.24, 2.45) is 0 Å². The molecule has 0 aliphatic heterocycles. The van der Waals surface area contributed by atoms with Crippen LogP contribution in [-0.2, 0) is 10.3 Å². The third kappa shape index (κ3) is 3.71. The van der Waals surface area contributed by atoms with Crippen LogP contribution in [0, 0.1) is 19.7 Å². The second-order valence-corrected chi connectivity index (χ2v) is 7.26. The minimum atomic E-state index is -1.23. The van der Waals surface area contributed by atoms with Gasteiger partial charge in [-0.25, -0.2) is 9.07 Å². The zero-order valence-electron chi connectivity index (χ0n) is 16.3. The number of benzene rings is 2. The van der Waals surface area contributed by atoms with Gasteiger partial charge in [-0.15, -0.1) is 0 Å². The van der Waals surface area contributed by atoms with Crippen molar-refractivity contribution in [3.63, 3.8) is 0 Å². The van der Waals surface area contributed by atoms with Gasteiger partial charge in [0.05, 0.1) is 5.69 Å². The first kappa shape index (κ1) is 19.5. The summed E-state index contributed by atoms with van der Waals surface area (Å²) < 4.78 is 14.3. The number of aryl methyl sites for hydroxylation is 2. The summed E-state index contributed by atoms with van der Waals surface area (Å²) in [6, 6.07) is 14.5. The summed E-state index contributed by atoms with van der Waals surface area (Å²) in [7, 11) is 0. The van der Waals surface area contributed by atoms with E-state index < -0.39 is 11.1 Å². The fraction of sp³-hybridized carbons (Fsp3) is 0.227. The summed E-state index contributed by atoms with van der Waals surface area (Å²) in [5, 5.41) is 7.30. The van der Waals surface area contributed by atoms with Crippen LogP contribution >= 0.6 is 0 Å². The van der Waals surface area contributed by atoms with Crippen molar-refractivity contribution in [2.75, 3.05) is 5.32 Å². The number of rotatable bonds is 4. The summed E-state index contributed by atoms with van der Waals surface area (Å²) in [6.45, 7) is 7.10. The Balaban J connectivity index is 1.98. The molecule has 2 aromatic carbocycles. The van der Waals surface area contributed by atoms with E-state index in [0.717, 1.165) is 21.5 Å². The second kappa shape index (κ2) is 7.38. The fourth-order valence-electron chi connectivity index (χ4n) is 2.96. The molecule has 5 nitrogen and oxygen atoms in total. The Labute approximate surface area is 162 Å². The molecule has 0 atom stereocenters. The van der Waals surface area contributed by atoms with Gasteiger partial charge in [0.2, 0.25) is 0 Å². The normalized spacial score (nSPS) is 11.3. The largest absolute Gasteiger partial charge is 0.324 e. The van der Waals surface area contributed by atoms with Crippen molar-refractivity contribution in [1.82, 2.24) is 9.78 Å². The van der Waals surface area contributed by atoms with Crippen molar-refractivity contribution in [3.8, 4) is 11.3 Å². The number of hydrogen-bond acceptors (Lipinski definition) is 3. The van der Waals surface area contributed by atoms with E-state index in [1.165, 1.54) is 18.2 Å². The van der Waals surface area contributed by atoms with E-state index in [1.807, 2.05) is 32.0 Å². The minimum absolute atomic E-state index is 0.351. The van der Waals surface area contributed by atoms with Crippen LogP contribution in [0.1, 0.15) is 25.0 Å². The maximum atomic E-state index is 13.2. The van der Waals surface area contributed by atoms with Gasteiger partial charge in [-0.3, -0.25) is 9.59 Å². The van der Waals surface area contributed by atoms with E-state index in [9.17, 15) is 14.0 Å². The number of para-hydroxylation sites is 1. The van der Waals surface area contributed by atoms with Crippen LogP contribution in [0.5, 0.6) is 0 Å². The Morgan fingerprint density at radius 1 is 1.00 bits per heavy atom. The first-order chi connectivity index (χ1) is 13.2. The average molecular weight is 379 g/mol. The molecule has 144 valence electrons. The molecule has 0 aliphatic rings. The highest BCUT2D eigenvalue weighted by Crippen LogP contribution is 2.23. The molecule has 1 aromatic heterocycles. The summed E-state index contributed by atoms with van der Waals surface area (Å²) >= 11 is 0. The van der Waals surface area contributed by atoms with Crippen LogP contribution in [0.15, 0.2) is 59.4 Å². The molecule has 0 unspecified atom stereocenters. The first-order valence-corrected chi connectivity index (χ1v) is 8.94. The van der Waals surface area contributed by atoms with Crippen molar-refractivity contribution in [1.29, 1.82) is 0 Å². The number of anilines is 1. The zero-order chi connectivity index (χ0) is 20.5. The molecule has 0 fully saturated rings. The lowest BCUT2D eigenvalue weighted by atomic mass is 10.0. The summed E-state index contributed by atoms with van der Waals surface area (Å²) in [5.41, 5.74) is 2.10. The Kier molecular flexibility index (Phi) is 5.14. The number of halogens is 1. The lowest BCUT2D eigenvalue weighted by Gasteiger charge is -2.26. The Morgan fingerprint density at radius 3 is 2.21 bits per heavy atom. The van der Waals surface area contributed by atoms with E-state index in [0.29, 0.717) is 11.3 Å². The fourth-order valence-corrected chi connectivity index (χ4v) is 2.96. The lowest BCUT2D eigenvalue weighted by molar-refractivity contribution is -0.123. The highest BCUT2D eigenvalue weighted by atomic mass is 19.1. The maximum Gasteiger partial charge on any atom is 0.267 e. The van der Waals surface area contributed by atoms with E-state index >= 15 is 0 Å². The van der Waals surface area contributed by atoms with Gasteiger partial charge in [0.25, 0.3) is 11.5 Å². The third-order valence-electron chi connectivity index (χ3n) is 4.75. The minimum Gasteiger partial charge on any atom is -0.324 e. The molecule has 6 heteroatoms. The molecule has 0 bridgehead atoms. The second-order valence-electron chi connectivity index (χ2n) is 7.26. The molecular formula is C22H22FN3O2. The monoisotopic (exact) mass is 379 g/mol. The maximum absolute atomic E-state index is 13.2. The highest BCUT2D eigenvalue weighted by molar-refractivity contribution is 5.97. The van der Waals surface area contributed by atoms with Gasteiger partial charge < -0.3 is 5.32 Å². The van der Waals surface area contributed by atoms with Gasteiger partial charge in [0.15, 0.2) is 0 Å². The smallest absolute Gasteiger partial charge is 0.267 e. The summed E-state index contributed by atoms with van der Waals surface area (Å²) in [5.74, 6) is -0.707. The predicted octanol–water partition coefficient (Wildman–Crippen LogP) is 4.04. The van der Waals surface area contributed by atoms with E-state index in [2.05, 4.69) is 10.4 Å². The number of nitrogens with one attached hydrogen (secondary N) is 1. The number of aromatic nitrogens is 2. The quantitative estimate of drug-likeness (QED) is 0.744. The van der Waals surface area contributed by atoms with Gasteiger partial charge >= 0.3 is 0 Å². The molecule has 1 amide bonds. The van der Waals surface area contributed by atoms with Crippen LogP contribution in [0.2, 0.25) is 0 Å². The molecule has 3 rings (SSSR count). The van der Waals surface area contributed by atoms with Gasteiger partial charge in [-0.2, -0.15) is 5.10 Å². The summed E-state index contributed by atoms with van der Waals surface area (Å²) in [6.07, 6.45) is 0. The van der Waals surface area contributed by atoms with Gasteiger partial charge in [-0.05, 0) is 69.2 Å². The number of hydrogen-bond donors (Lipinski definition) is 1. The molecule has 0 radical (unpaired) electrons. The molecule has 28 heavy (non-hydrogen) atoms. The standard InChI is InChI=1S/C22H22FN3O2/c1-14-6-5-7-15(2)20(14)24-21(28)22(3,4)26-19(27)13-12-18(25-26)16-8-10-17(23)11-9-16/h5-13H,1-4H3,(H,24,28). The van der Waals surface area contributed by atoms with E-state index in [-0.39, 0.29) is 11.7 Å². The highest BCUT2D eigenvalue weighted by Gasteiger charge is 2.32. The van der Waals surface area contributed by atoms with Crippen LogP contribution < -0.4 is 10.9 Å². The van der Waals surface area contributed by atoms with Crippen LogP contribution in [0.25, 0.3) is 11.3 Å². The van der Waals surface area contributed by atoms with Gasteiger partial charge in [0.1, 0.15) is 11.4 Å². The van der Waals surface area contributed by atoms with Gasteiger partial charge in [0, 0.05) is 17.3 Å². The predicted molar refractivity (Wildman–Crippen MR) is 108 cm³/mol. The zero-order valence-corrected chi connectivity index (χ0v) is 16.3. The Hall–Kier alpha value is -3.28. The van der Waals surface area contributed by atoms with E-state index in [1.54, 1.807) is 32.0 Å². The van der Waals surface area contributed by atoms with Crippen molar-refractivity contribution in [2.45, 2.75) is 33.2 Å². The number of carbonyl (C=O) groups excluding carboxylic acids is 1. The van der Waals surface area contributed by atoms with Crippen LogP contribution in [0.3, 0.4) is 0 Å². The molecule has 0 spiro atoms. The summed E-state index contributed by atoms with van der Waals surface area (Å²) in [4.78, 5) is 25.5. The average Bonchev–Trinajstić information content (AvgIpc) is 2.65. The SMILES string of the molecule is Cc1cccc(C)c1NC(=O)C(C)(C)n1nc(-c2ccc(F)cc2)ccc1=O. The molecule has 1 N–H and O–H groups in total. The molecular weight excluding hydrogens is 357 g/mol. The Bertz CT molecular complexity index is 1070. The first-order valence-electron chi connectivity index (χ1n) is 8.94. The van der Waals surface area contributed by atoms with E-state index in [4.69, 9.17) is 0 Å². The molecule has 3 aromatic rings. The van der Waals surface area contributed by atoms with Crippen molar-refractivity contribution >= 4 is 11.6 Å². The number of carbonyl (C=O) groups is 1.